The molecule has 0 saturated carbocycles. The first kappa shape index (κ1) is 16.8. The Hall–Kier alpha value is -3.08. The largest absolute Gasteiger partial charge is 0.484 e. The van der Waals surface area contributed by atoms with E-state index in [1.54, 1.807) is 18.2 Å². The van der Waals surface area contributed by atoms with Crippen molar-refractivity contribution in [3.63, 3.8) is 0 Å². The number of nitrogens with one attached hydrogen (secondary N) is 2. The van der Waals surface area contributed by atoms with Gasteiger partial charge in [-0.15, -0.1) is 0 Å². The van der Waals surface area contributed by atoms with Crippen LogP contribution in [0.15, 0.2) is 53.3 Å². The predicted molar refractivity (Wildman–Crippen MR) is 99.3 cm³/mol. The molecule has 5 heteroatoms. The minimum Gasteiger partial charge on any atom is -0.484 e. The number of aromatic amines is 1. The van der Waals surface area contributed by atoms with E-state index in [4.69, 9.17) is 4.74 Å². The molecule has 0 radical (unpaired) electrons. The second kappa shape index (κ2) is 7.21. The SMILES string of the molecule is CCc1c(C)c2ccc(NC(=O)COc3ccccc3)cc2[nH]c1=O. The molecule has 0 aliphatic heterocycles. The summed E-state index contributed by atoms with van der Waals surface area (Å²) >= 11 is 0. The van der Waals surface area contributed by atoms with Gasteiger partial charge in [0.05, 0.1) is 5.52 Å². The van der Waals surface area contributed by atoms with Crippen LogP contribution >= 0.6 is 0 Å². The summed E-state index contributed by atoms with van der Waals surface area (Å²) < 4.78 is 5.43. The summed E-state index contributed by atoms with van der Waals surface area (Å²) in [7, 11) is 0. The molecule has 25 heavy (non-hydrogen) atoms. The Balaban J connectivity index is 1.75. The molecule has 1 aromatic heterocycles. The number of carbonyl (C=O) groups excluding carboxylic acids is 1. The standard InChI is InChI=1S/C20H20N2O3/c1-3-16-13(2)17-10-9-14(11-18(17)22-20(16)24)21-19(23)12-25-15-7-5-4-6-8-15/h4-11H,3,12H2,1-2H3,(H,21,23)(H,22,24). The maximum atomic E-state index is 12.1. The van der Waals surface area contributed by atoms with Gasteiger partial charge in [-0.05, 0) is 43.2 Å². The van der Waals surface area contributed by atoms with E-state index in [9.17, 15) is 9.59 Å². The van der Waals surface area contributed by atoms with Gasteiger partial charge in [-0.25, -0.2) is 0 Å². The van der Waals surface area contributed by atoms with Crippen molar-refractivity contribution >= 4 is 22.5 Å². The fourth-order valence-corrected chi connectivity index (χ4v) is 2.87. The number of rotatable bonds is 5. The summed E-state index contributed by atoms with van der Waals surface area (Å²) in [4.78, 5) is 27.0. The molecule has 3 aromatic rings. The quantitative estimate of drug-likeness (QED) is 0.750. The van der Waals surface area contributed by atoms with Crippen LogP contribution in [0.2, 0.25) is 0 Å². The van der Waals surface area contributed by atoms with Crippen LogP contribution in [0.4, 0.5) is 5.69 Å². The van der Waals surface area contributed by atoms with Gasteiger partial charge >= 0.3 is 0 Å². The Labute approximate surface area is 145 Å². The first-order valence-corrected chi connectivity index (χ1v) is 8.21. The molecule has 2 N–H and O–H groups in total. The van der Waals surface area contributed by atoms with Crippen LogP contribution < -0.4 is 15.6 Å². The third-order valence-corrected chi connectivity index (χ3v) is 4.15. The molecule has 1 heterocycles. The third-order valence-electron chi connectivity index (χ3n) is 4.15. The highest BCUT2D eigenvalue weighted by molar-refractivity contribution is 5.95. The molecule has 0 aliphatic carbocycles. The maximum Gasteiger partial charge on any atom is 0.262 e. The number of benzene rings is 2. The number of anilines is 1. The highest BCUT2D eigenvalue weighted by Gasteiger charge is 2.09. The topological polar surface area (TPSA) is 71.2 Å². The number of carbonyl (C=O) groups is 1. The van der Waals surface area contributed by atoms with Crippen molar-refractivity contribution in [2.75, 3.05) is 11.9 Å². The minimum atomic E-state index is -0.257. The first-order chi connectivity index (χ1) is 12.1. The van der Waals surface area contributed by atoms with Crippen LogP contribution in [0.25, 0.3) is 10.9 Å². The van der Waals surface area contributed by atoms with Crippen molar-refractivity contribution in [3.8, 4) is 5.75 Å². The van der Waals surface area contributed by atoms with Gasteiger partial charge in [0.1, 0.15) is 5.75 Å². The van der Waals surface area contributed by atoms with E-state index in [1.807, 2.05) is 44.2 Å². The summed E-state index contributed by atoms with van der Waals surface area (Å²) in [5.41, 5.74) is 3.02. The molecule has 3 rings (SSSR count). The molecule has 1 amide bonds. The molecule has 2 aromatic carbocycles. The predicted octanol–water partition coefficient (Wildman–Crippen LogP) is 3.42. The van der Waals surface area contributed by atoms with E-state index in [1.165, 1.54) is 0 Å². The Morgan fingerprint density at radius 3 is 2.64 bits per heavy atom. The molecule has 0 aliphatic rings. The van der Waals surface area contributed by atoms with Crippen molar-refractivity contribution in [2.24, 2.45) is 0 Å². The smallest absolute Gasteiger partial charge is 0.262 e. The van der Waals surface area contributed by atoms with Crippen LogP contribution in [0, 0.1) is 6.92 Å². The van der Waals surface area contributed by atoms with Crippen LogP contribution in [0.3, 0.4) is 0 Å². The highest BCUT2D eigenvalue weighted by Crippen LogP contribution is 2.21. The van der Waals surface area contributed by atoms with Gasteiger partial charge in [-0.2, -0.15) is 0 Å². The lowest BCUT2D eigenvalue weighted by Crippen LogP contribution is -2.20. The Bertz CT molecular complexity index is 962. The van der Waals surface area contributed by atoms with Crippen molar-refractivity contribution in [2.45, 2.75) is 20.3 Å². The molecule has 0 fully saturated rings. The van der Waals surface area contributed by atoms with E-state index in [0.29, 0.717) is 23.4 Å². The van der Waals surface area contributed by atoms with E-state index >= 15 is 0 Å². The maximum absolute atomic E-state index is 12.1. The van der Waals surface area contributed by atoms with Gasteiger partial charge in [-0.1, -0.05) is 31.2 Å². The van der Waals surface area contributed by atoms with Crippen molar-refractivity contribution in [1.82, 2.24) is 4.98 Å². The van der Waals surface area contributed by atoms with Crippen molar-refractivity contribution < 1.29 is 9.53 Å². The number of pyridine rings is 1. The number of fused-ring (bicyclic) bond motifs is 1. The Morgan fingerprint density at radius 2 is 1.92 bits per heavy atom. The van der Waals surface area contributed by atoms with Crippen LogP contribution in [0.5, 0.6) is 5.75 Å². The zero-order valence-corrected chi connectivity index (χ0v) is 14.3. The van der Waals surface area contributed by atoms with Gasteiger partial charge in [0.2, 0.25) is 0 Å². The van der Waals surface area contributed by atoms with Crippen LogP contribution in [-0.4, -0.2) is 17.5 Å². The first-order valence-electron chi connectivity index (χ1n) is 8.21. The van der Waals surface area contributed by atoms with Gasteiger partial charge in [0, 0.05) is 16.6 Å². The van der Waals surface area contributed by atoms with Gasteiger partial charge in [0.25, 0.3) is 11.5 Å². The van der Waals surface area contributed by atoms with Gasteiger partial charge in [-0.3, -0.25) is 9.59 Å². The number of aryl methyl sites for hydroxylation is 1. The number of para-hydroxylation sites is 1. The van der Waals surface area contributed by atoms with Crippen molar-refractivity contribution in [1.29, 1.82) is 0 Å². The molecule has 0 unspecified atom stereocenters. The number of ether oxygens (including phenoxy) is 1. The lowest BCUT2D eigenvalue weighted by atomic mass is 10.0. The normalized spacial score (nSPS) is 10.6. The molecule has 5 nitrogen and oxygen atoms in total. The average molecular weight is 336 g/mol. The number of hydrogen-bond donors (Lipinski definition) is 2. The number of H-pyrrole nitrogens is 1. The fraction of sp³-hybridized carbons (Fsp3) is 0.200. The van der Waals surface area contributed by atoms with E-state index in [2.05, 4.69) is 10.3 Å². The molecule has 0 bridgehead atoms. The zero-order valence-electron chi connectivity index (χ0n) is 14.3. The summed E-state index contributed by atoms with van der Waals surface area (Å²) in [6, 6.07) is 14.7. The lowest BCUT2D eigenvalue weighted by molar-refractivity contribution is -0.118. The summed E-state index contributed by atoms with van der Waals surface area (Å²) in [5, 5.41) is 3.77. The Kier molecular flexibility index (Phi) is 4.84. The second-order valence-corrected chi connectivity index (χ2v) is 5.82. The molecule has 0 saturated heterocycles. The third kappa shape index (κ3) is 3.71. The van der Waals surface area contributed by atoms with Crippen LogP contribution in [0.1, 0.15) is 18.1 Å². The highest BCUT2D eigenvalue weighted by atomic mass is 16.5. The van der Waals surface area contributed by atoms with Crippen molar-refractivity contribution in [3.05, 3.63) is 70.0 Å². The van der Waals surface area contributed by atoms with E-state index < -0.39 is 0 Å². The van der Waals surface area contributed by atoms with E-state index in [0.717, 1.165) is 16.5 Å². The zero-order chi connectivity index (χ0) is 17.8. The Morgan fingerprint density at radius 1 is 1.16 bits per heavy atom. The summed E-state index contributed by atoms with van der Waals surface area (Å²) in [6.07, 6.45) is 0.687. The number of aromatic nitrogens is 1. The lowest BCUT2D eigenvalue weighted by Gasteiger charge is -2.10. The summed E-state index contributed by atoms with van der Waals surface area (Å²) in [5.74, 6) is 0.385. The van der Waals surface area contributed by atoms with Gasteiger partial charge in [0.15, 0.2) is 6.61 Å². The van der Waals surface area contributed by atoms with E-state index in [-0.39, 0.29) is 18.1 Å². The monoisotopic (exact) mass is 336 g/mol. The fourth-order valence-electron chi connectivity index (χ4n) is 2.87. The molecule has 0 spiro atoms. The molecule has 0 atom stereocenters. The second-order valence-electron chi connectivity index (χ2n) is 5.82. The molecular formula is C20H20N2O3. The van der Waals surface area contributed by atoms with Gasteiger partial charge < -0.3 is 15.0 Å². The number of amides is 1. The molecular weight excluding hydrogens is 316 g/mol. The average Bonchev–Trinajstić information content (AvgIpc) is 2.61. The minimum absolute atomic E-state index is 0.0770. The summed E-state index contributed by atoms with van der Waals surface area (Å²) in [6.45, 7) is 3.83. The molecule has 128 valence electrons. The number of hydrogen-bond acceptors (Lipinski definition) is 3. The van der Waals surface area contributed by atoms with Crippen LogP contribution in [-0.2, 0) is 11.2 Å².